The quantitative estimate of drug-likeness (QED) is 0.785. The van der Waals surface area contributed by atoms with E-state index in [9.17, 15) is 4.79 Å². The first-order valence-electron chi connectivity index (χ1n) is 6.64. The van der Waals surface area contributed by atoms with E-state index in [2.05, 4.69) is 10.3 Å². The zero-order valence-corrected chi connectivity index (χ0v) is 12.1. The summed E-state index contributed by atoms with van der Waals surface area (Å²) in [5.41, 5.74) is 1.53. The van der Waals surface area contributed by atoms with Crippen molar-refractivity contribution in [1.82, 2.24) is 10.3 Å². The van der Waals surface area contributed by atoms with E-state index < -0.39 is 0 Å². The summed E-state index contributed by atoms with van der Waals surface area (Å²) in [6.45, 7) is 0.569. The van der Waals surface area contributed by atoms with Crippen LogP contribution in [0.1, 0.15) is 16.1 Å². The first-order valence-corrected chi connectivity index (χ1v) is 7.52. The van der Waals surface area contributed by atoms with Crippen LogP contribution in [-0.2, 0) is 6.42 Å². The lowest BCUT2D eigenvalue weighted by molar-refractivity contribution is 0.0950. The third-order valence-electron chi connectivity index (χ3n) is 3.07. The zero-order chi connectivity index (χ0) is 14.5. The molecule has 0 atom stereocenters. The molecule has 106 valence electrons. The molecule has 3 aromatic rings. The molecule has 0 spiro atoms. The fourth-order valence-electron chi connectivity index (χ4n) is 2.04. The van der Waals surface area contributed by atoms with Crippen LogP contribution >= 0.6 is 11.3 Å². The Kier molecular flexibility index (Phi) is 4.12. The maximum atomic E-state index is 12.2. The summed E-state index contributed by atoms with van der Waals surface area (Å²) in [6.07, 6.45) is 2.10. The van der Waals surface area contributed by atoms with Crippen molar-refractivity contribution >= 4 is 17.2 Å². The number of amides is 1. The minimum Gasteiger partial charge on any atom is -0.442 e. The number of thiophene rings is 1. The maximum Gasteiger partial charge on any atom is 0.273 e. The van der Waals surface area contributed by atoms with Crippen LogP contribution in [0.2, 0.25) is 0 Å². The Bertz CT molecular complexity index is 705. The van der Waals surface area contributed by atoms with Crippen molar-refractivity contribution in [3.8, 4) is 10.6 Å². The van der Waals surface area contributed by atoms with Gasteiger partial charge in [0.15, 0.2) is 17.8 Å². The van der Waals surface area contributed by atoms with Crippen LogP contribution in [0.4, 0.5) is 0 Å². The third-order valence-corrected chi connectivity index (χ3v) is 3.94. The topological polar surface area (TPSA) is 55.1 Å². The Morgan fingerprint density at radius 3 is 2.81 bits per heavy atom. The monoisotopic (exact) mass is 298 g/mol. The Labute approximate surface area is 126 Å². The second-order valence-corrected chi connectivity index (χ2v) is 5.45. The van der Waals surface area contributed by atoms with Crippen LogP contribution in [0, 0.1) is 0 Å². The number of benzene rings is 1. The highest BCUT2D eigenvalue weighted by Crippen LogP contribution is 2.27. The lowest BCUT2D eigenvalue weighted by Gasteiger charge is -2.04. The summed E-state index contributed by atoms with van der Waals surface area (Å²) in [4.78, 5) is 17.1. The third kappa shape index (κ3) is 3.20. The van der Waals surface area contributed by atoms with Crippen molar-refractivity contribution in [3.63, 3.8) is 0 Å². The SMILES string of the molecule is O=C(NCCc1ccccc1)c1ncoc1-c1cccs1. The molecule has 0 radical (unpaired) electrons. The van der Waals surface area contributed by atoms with Crippen molar-refractivity contribution in [2.45, 2.75) is 6.42 Å². The molecule has 0 saturated heterocycles. The van der Waals surface area contributed by atoms with Gasteiger partial charge in [-0.05, 0) is 23.4 Å². The summed E-state index contributed by atoms with van der Waals surface area (Å²) >= 11 is 1.52. The lowest BCUT2D eigenvalue weighted by Crippen LogP contribution is -2.26. The van der Waals surface area contributed by atoms with Gasteiger partial charge in [-0.15, -0.1) is 11.3 Å². The summed E-state index contributed by atoms with van der Waals surface area (Å²) in [6, 6.07) is 13.9. The molecule has 5 heteroatoms. The van der Waals surface area contributed by atoms with E-state index in [1.165, 1.54) is 23.3 Å². The fourth-order valence-corrected chi connectivity index (χ4v) is 2.75. The Balaban J connectivity index is 1.63. The smallest absolute Gasteiger partial charge is 0.273 e. The van der Waals surface area contributed by atoms with E-state index in [4.69, 9.17) is 4.42 Å². The van der Waals surface area contributed by atoms with Gasteiger partial charge < -0.3 is 9.73 Å². The van der Waals surface area contributed by atoms with Crippen LogP contribution in [0.5, 0.6) is 0 Å². The number of carbonyl (C=O) groups is 1. The highest BCUT2D eigenvalue weighted by atomic mass is 32.1. The number of nitrogens with zero attached hydrogens (tertiary/aromatic N) is 1. The Hall–Kier alpha value is -2.40. The summed E-state index contributed by atoms with van der Waals surface area (Å²) in [5.74, 6) is 0.324. The van der Waals surface area contributed by atoms with Gasteiger partial charge >= 0.3 is 0 Å². The largest absolute Gasteiger partial charge is 0.442 e. The predicted octanol–water partition coefficient (Wildman–Crippen LogP) is 3.38. The molecular weight excluding hydrogens is 284 g/mol. The number of aromatic nitrogens is 1. The minimum atomic E-state index is -0.205. The number of hydrogen-bond donors (Lipinski definition) is 1. The van der Waals surface area contributed by atoms with Crippen LogP contribution in [0.3, 0.4) is 0 Å². The van der Waals surface area contributed by atoms with Gasteiger partial charge in [0.2, 0.25) is 0 Å². The number of nitrogens with one attached hydrogen (secondary N) is 1. The maximum absolute atomic E-state index is 12.2. The van der Waals surface area contributed by atoms with Gasteiger partial charge in [-0.25, -0.2) is 4.98 Å². The average molecular weight is 298 g/mol. The molecule has 1 aromatic carbocycles. The van der Waals surface area contributed by atoms with Crippen LogP contribution in [0.25, 0.3) is 10.6 Å². The first-order chi connectivity index (χ1) is 10.3. The van der Waals surface area contributed by atoms with E-state index in [0.717, 1.165) is 11.3 Å². The second-order valence-electron chi connectivity index (χ2n) is 4.50. The van der Waals surface area contributed by atoms with Gasteiger partial charge in [0.25, 0.3) is 5.91 Å². The van der Waals surface area contributed by atoms with Gasteiger partial charge in [-0.3, -0.25) is 4.79 Å². The molecule has 21 heavy (non-hydrogen) atoms. The first kappa shape index (κ1) is 13.6. The van der Waals surface area contributed by atoms with Crippen molar-refractivity contribution in [2.75, 3.05) is 6.54 Å². The van der Waals surface area contributed by atoms with Gasteiger partial charge in [0.1, 0.15) is 0 Å². The number of hydrogen-bond acceptors (Lipinski definition) is 4. The van der Waals surface area contributed by atoms with Crippen LogP contribution in [-0.4, -0.2) is 17.4 Å². The molecule has 0 saturated carbocycles. The second kappa shape index (κ2) is 6.37. The van der Waals surface area contributed by atoms with E-state index in [1.54, 1.807) is 0 Å². The van der Waals surface area contributed by atoms with Crippen LogP contribution in [0.15, 0.2) is 58.7 Å². The number of rotatable bonds is 5. The van der Waals surface area contributed by atoms with Crippen LogP contribution < -0.4 is 5.32 Å². The van der Waals surface area contributed by atoms with Gasteiger partial charge in [-0.2, -0.15) is 0 Å². The lowest BCUT2D eigenvalue weighted by atomic mass is 10.1. The number of oxazole rings is 1. The summed E-state index contributed by atoms with van der Waals surface area (Å²) in [5, 5.41) is 4.82. The van der Waals surface area contributed by atoms with Crippen molar-refractivity contribution < 1.29 is 9.21 Å². The van der Waals surface area contributed by atoms with Crippen molar-refractivity contribution in [1.29, 1.82) is 0 Å². The minimum absolute atomic E-state index is 0.205. The number of carbonyl (C=O) groups excluding carboxylic acids is 1. The molecule has 0 aliphatic carbocycles. The summed E-state index contributed by atoms with van der Waals surface area (Å²) in [7, 11) is 0. The molecule has 0 aliphatic rings. The molecule has 0 unspecified atom stereocenters. The van der Waals surface area contributed by atoms with Gasteiger partial charge in [0, 0.05) is 6.54 Å². The molecule has 4 nitrogen and oxygen atoms in total. The van der Waals surface area contributed by atoms with E-state index in [0.29, 0.717) is 18.0 Å². The molecule has 1 amide bonds. The molecule has 3 rings (SSSR count). The Morgan fingerprint density at radius 1 is 1.19 bits per heavy atom. The Morgan fingerprint density at radius 2 is 2.05 bits per heavy atom. The molecule has 0 bridgehead atoms. The van der Waals surface area contributed by atoms with E-state index in [1.807, 2.05) is 47.8 Å². The molecule has 0 aliphatic heterocycles. The molecule has 1 N–H and O–H groups in total. The molecule has 0 fully saturated rings. The van der Waals surface area contributed by atoms with Gasteiger partial charge in [-0.1, -0.05) is 36.4 Å². The molecule has 2 aromatic heterocycles. The highest BCUT2D eigenvalue weighted by Gasteiger charge is 2.18. The fraction of sp³-hybridized carbons (Fsp3) is 0.125. The normalized spacial score (nSPS) is 10.5. The standard InChI is InChI=1S/C16H14N2O2S/c19-16(17-9-8-12-5-2-1-3-6-12)14-15(20-11-18-14)13-7-4-10-21-13/h1-7,10-11H,8-9H2,(H,17,19). The molecular formula is C16H14N2O2S. The van der Waals surface area contributed by atoms with Gasteiger partial charge in [0.05, 0.1) is 4.88 Å². The average Bonchev–Trinajstić information content (AvgIpc) is 3.19. The highest BCUT2D eigenvalue weighted by molar-refractivity contribution is 7.13. The van der Waals surface area contributed by atoms with E-state index in [-0.39, 0.29) is 5.91 Å². The summed E-state index contributed by atoms with van der Waals surface area (Å²) < 4.78 is 5.33. The molecule has 2 heterocycles. The zero-order valence-electron chi connectivity index (χ0n) is 11.3. The van der Waals surface area contributed by atoms with Crippen molar-refractivity contribution in [3.05, 3.63) is 65.5 Å². The van der Waals surface area contributed by atoms with E-state index >= 15 is 0 Å². The predicted molar refractivity (Wildman–Crippen MR) is 82.3 cm³/mol. The van der Waals surface area contributed by atoms with Crippen molar-refractivity contribution in [2.24, 2.45) is 0 Å².